The molecule has 8 nitrogen and oxygen atoms in total. The molecule has 0 fully saturated rings. The number of sulfone groups is 1. The molecule has 0 radical (unpaired) electrons. The van der Waals surface area contributed by atoms with Gasteiger partial charge < -0.3 is 19.7 Å². The van der Waals surface area contributed by atoms with Crippen LogP contribution in [0.25, 0.3) is 0 Å². The predicted molar refractivity (Wildman–Crippen MR) is 98.1 cm³/mol. The van der Waals surface area contributed by atoms with Crippen molar-refractivity contribution in [2.75, 3.05) is 26.6 Å². The van der Waals surface area contributed by atoms with Crippen LogP contribution in [0.15, 0.2) is 51.5 Å². The molecule has 0 bridgehead atoms. The maximum absolute atomic E-state index is 11.8. The number of phenols is 1. The second-order valence-electron chi connectivity index (χ2n) is 4.94. The van der Waals surface area contributed by atoms with Crippen molar-refractivity contribution in [3.8, 4) is 17.2 Å². The first-order valence-corrected chi connectivity index (χ1v) is 8.87. The van der Waals surface area contributed by atoms with E-state index in [1.165, 1.54) is 50.6 Å². The summed E-state index contributed by atoms with van der Waals surface area (Å²) < 4.78 is 33.7. The number of aliphatic hydroxyl groups is 1. The molecule has 0 aromatic heterocycles. The number of hydrogen-bond acceptors (Lipinski definition) is 8. The van der Waals surface area contributed by atoms with Crippen LogP contribution < -0.4 is 9.47 Å². The third-order valence-corrected chi connectivity index (χ3v) is 5.01. The molecule has 0 spiro atoms. The number of ether oxygens (including phenoxy) is 2. The average molecular weight is 407 g/mol. The Labute approximate surface area is 194 Å². The Balaban J connectivity index is 0.00000338. The van der Waals surface area contributed by atoms with Crippen LogP contribution in [0.2, 0.25) is 0 Å². The minimum absolute atomic E-state index is 0. The minimum atomic E-state index is -3.50. The van der Waals surface area contributed by atoms with Gasteiger partial charge >= 0.3 is 51.4 Å². The van der Waals surface area contributed by atoms with Gasteiger partial charge in [-0.2, -0.15) is 10.2 Å². The van der Waals surface area contributed by atoms with E-state index in [0.717, 1.165) is 0 Å². The summed E-state index contributed by atoms with van der Waals surface area (Å²) in [5.74, 6) is -0.0825. The molecule has 0 heterocycles. The van der Waals surface area contributed by atoms with Crippen molar-refractivity contribution < 1.29 is 28.1 Å². The quantitative estimate of drug-likeness (QED) is 0.536. The molecule has 0 unspecified atom stereocenters. The Kier molecular flexibility index (Phi) is 9.17. The third kappa shape index (κ3) is 5.74. The van der Waals surface area contributed by atoms with Gasteiger partial charge in [-0.15, -0.1) is 0 Å². The molecule has 0 aliphatic heterocycles. The van der Waals surface area contributed by atoms with Crippen molar-refractivity contribution in [3.63, 3.8) is 0 Å². The first-order valence-electron chi connectivity index (χ1n) is 7.21. The summed E-state index contributed by atoms with van der Waals surface area (Å²) in [4.78, 5) is 0.105. The topological polar surface area (TPSA) is 118 Å². The maximum atomic E-state index is 11.8. The molecule has 2 rings (SSSR count). The zero-order valence-electron chi connectivity index (χ0n) is 13.7. The van der Waals surface area contributed by atoms with Crippen molar-refractivity contribution >= 4 is 72.6 Å². The Hall–Kier alpha value is -1.01. The van der Waals surface area contributed by atoms with E-state index in [1.807, 2.05) is 0 Å². The van der Waals surface area contributed by atoms with Crippen molar-refractivity contribution in [2.45, 2.75) is 4.90 Å². The number of methoxy groups -OCH3 is 2. The van der Waals surface area contributed by atoms with Gasteiger partial charge in [0.2, 0.25) is 5.75 Å². The summed E-state index contributed by atoms with van der Waals surface area (Å²) >= 11 is 0. The number of rotatable bonds is 7. The van der Waals surface area contributed by atoms with Gasteiger partial charge in [0.25, 0.3) is 0 Å². The van der Waals surface area contributed by atoms with Crippen LogP contribution in [0, 0.1) is 0 Å². The summed E-state index contributed by atoms with van der Waals surface area (Å²) in [6.07, 6.45) is 0. The molecule has 0 saturated heterocycles. The second kappa shape index (κ2) is 10.4. The van der Waals surface area contributed by atoms with E-state index in [0.29, 0.717) is 11.4 Å². The Morgan fingerprint density at radius 3 is 1.92 bits per heavy atom. The monoisotopic (exact) mass is 406 g/mol. The summed E-state index contributed by atoms with van der Waals surface area (Å²) in [7, 11) is -0.693. The molecule has 2 aromatic rings. The van der Waals surface area contributed by atoms with Crippen LogP contribution in [0.3, 0.4) is 0 Å². The van der Waals surface area contributed by atoms with E-state index in [4.69, 9.17) is 14.6 Å². The molecule has 10 heteroatoms. The van der Waals surface area contributed by atoms with Crippen LogP contribution in [-0.2, 0) is 9.84 Å². The number of benzene rings is 2. The van der Waals surface area contributed by atoms with Crippen molar-refractivity contribution in [1.82, 2.24) is 0 Å². The van der Waals surface area contributed by atoms with E-state index in [-0.39, 0.29) is 79.3 Å². The number of nitrogens with zero attached hydrogens (tertiary/aromatic N) is 2. The molecular weight excluding hydrogens is 387 g/mol. The number of aliphatic hydroxyl groups excluding tert-OH is 1. The zero-order valence-corrected chi connectivity index (χ0v) is 14.5. The van der Waals surface area contributed by atoms with E-state index in [2.05, 4.69) is 10.2 Å². The number of phenolic OH excluding ortho intramolecular Hbond substituents is 1. The van der Waals surface area contributed by atoms with Crippen molar-refractivity contribution in [3.05, 3.63) is 36.4 Å². The summed E-state index contributed by atoms with van der Waals surface area (Å²) in [5.41, 5.74) is 0.831. The van der Waals surface area contributed by atoms with Gasteiger partial charge in [0.1, 0.15) is 0 Å². The molecule has 0 atom stereocenters. The number of azo groups is 1. The van der Waals surface area contributed by atoms with Crippen LogP contribution in [0.5, 0.6) is 17.2 Å². The first kappa shape index (κ1) is 23.0. The molecule has 26 heavy (non-hydrogen) atoms. The van der Waals surface area contributed by atoms with E-state index in [9.17, 15) is 13.5 Å². The normalized spacial score (nSPS) is 11.2. The molecule has 0 amide bonds. The number of aromatic hydroxyl groups is 1. The summed E-state index contributed by atoms with van der Waals surface area (Å²) in [6, 6.07) is 8.78. The molecule has 2 N–H and O–H groups in total. The Morgan fingerprint density at radius 1 is 0.962 bits per heavy atom. The molecule has 0 saturated carbocycles. The third-order valence-electron chi connectivity index (χ3n) is 3.30. The Bertz CT molecular complexity index is 844. The van der Waals surface area contributed by atoms with Gasteiger partial charge in [-0.3, -0.25) is 0 Å². The van der Waals surface area contributed by atoms with Gasteiger partial charge in [-0.05, 0) is 24.3 Å². The van der Waals surface area contributed by atoms with Crippen LogP contribution >= 0.6 is 0 Å². The van der Waals surface area contributed by atoms with Gasteiger partial charge in [0.15, 0.2) is 21.3 Å². The van der Waals surface area contributed by atoms with Gasteiger partial charge in [-0.25, -0.2) is 8.42 Å². The summed E-state index contributed by atoms with van der Waals surface area (Å²) in [6.45, 7) is -0.436. The van der Waals surface area contributed by atoms with E-state index in [1.54, 1.807) is 0 Å². The van der Waals surface area contributed by atoms with Crippen LogP contribution in [0.4, 0.5) is 11.4 Å². The zero-order chi connectivity index (χ0) is 18.4. The van der Waals surface area contributed by atoms with Crippen molar-refractivity contribution in [2.24, 2.45) is 10.2 Å². The SMILES string of the molecule is COc1cc(N=Nc2ccc(S(=O)(=O)CCO)cc2)cc(OC)c1O.[KH]. The van der Waals surface area contributed by atoms with E-state index >= 15 is 0 Å². The summed E-state index contributed by atoms with van der Waals surface area (Å²) in [5, 5.41) is 26.7. The van der Waals surface area contributed by atoms with Gasteiger partial charge in [0.05, 0.1) is 42.8 Å². The molecule has 0 aliphatic carbocycles. The first-order chi connectivity index (χ1) is 11.9. The second-order valence-corrected chi connectivity index (χ2v) is 7.04. The standard InChI is InChI=1S/C16H18N2O6S.K.H/c1-23-14-9-12(10-15(24-2)16(14)20)18-17-11-3-5-13(6-4-11)25(21,22)8-7-19;;/h3-6,9-10,19-20H,7-8H2,1-2H3;;. The van der Waals surface area contributed by atoms with Gasteiger partial charge in [0, 0.05) is 12.1 Å². The molecule has 136 valence electrons. The average Bonchev–Trinajstić information content (AvgIpc) is 2.61. The Morgan fingerprint density at radius 2 is 1.46 bits per heavy atom. The fraction of sp³-hybridized carbons (Fsp3) is 0.250. The van der Waals surface area contributed by atoms with E-state index < -0.39 is 16.4 Å². The van der Waals surface area contributed by atoms with Crippen LogP contribution in [-0.4, -0.2) is 96.6 Å². The number of hydrogen-bond donors (Lipinski definition) is 2. The predicted octanol–water partition coefficient (Wildman–Crippen LogP) is 1.94. The molecular formula is C16H19KN2O6S. The van der Waals surface area contributed by atoms with Crippen LogP contribution in [0.1, 0.15) is 0 Å². The van der Waals surface area contributed by atoms with Gasteiger partial charge in [-0.1, -0.05) is 0 Å². The fourth-order valence-corrected chi connectivity index (χ4v) is 3.04. The van der Waals surface area contributed by atoms with Crippen molar-refractivity contribution in [1.29, 1.82) is 0 Å². The molecule has 0 aliphatic rings. The molecule has 2 aromatic carbocycles. The fourth-order valence-electron chi connectivity index (χ4n) is 2.01.